The van der Waals surface area contributed by atoms with Crippen molar-refractivity contribution in [1.82, 2.24) is 15.0 Å². The van der Waals surface area contributed by atoms with Gasteiger partial charge in [0.25, 0.3) is 0 Å². The Morgan fingerprint density at radius 3 is 1.49 bits per heavy atom. The molecule has 7 aromatic rings. The smallest absolute Gasteiger partial charge is 0.164 e. The molecule has 0 atom stereocenters. The predicted molar refractivity (Wildman–Crippen MR) is 189 cm³/mol. The first-order valence-corrected chi connectivity index (χ1v) is 15.8. The Morgan fingerprint density at radius 1 is 0.426 bits per heavy atom. The number of hydrogen-bond donors (Lipinski definition) is 0. The fraction of sp³-hybridized carbons (Fsp3) is 0.0698. The van der Waals surface area contributed by atoms with Crippen LogP contribution in [0.25, 0.3) is 67.5 Å². The minimum atomic E-state index is -0.246. The monoisotopic (exact) mass is 602 g/mol. The molecule has 0 unspecified atom stereocenters. The van der Waals surface area contributed by atoms with Crippen LogP contribution in [0, 0.1) is 11.3 Å². The number of nitrogens with zero attached hydrogens (tertiary/aromatic N) is 4. The molecule has 0 fully saturated rings. The van der Waals surface area contributed by atoms with Gasteiger partial charge < -0.3 is 0 Å². The van der Waals surface area contributed by atoms with Gasteiger partial charge in [-0.15, -0.1) is 0 Å². The van der Waals surface area contributed by atoms with Gasteiger partial charge in [0.2, 0.25) is 0 Å². The van der Waals surface area contributed by atoms with Gasteiger partial charge in [0.15, 0.2) is 17.5 Å². The Morgan fingerprint density at radius 2 is 0.894 bits per heavy atom. The fourth-order valence-corrected chi connectivity index (χ4v) is 6.79. The molecule has 0 N–H and O–H groups in total. The number of aromatic nitrogens is 3. The summed E-state index contributed by atoms with van der Waals surface area (Å²) >= 11 is 0. The second-order valence-electron chi connectivity index (χ2n) is 12.4. The predicted octanol–water partition coefficient (Wildman–Crippen LogP) is 10.4. The summed E-state index contributed by atoms with van der Waals surface area (Å²) in [5.74, 6) is 1.87. The molecule has 8 rings (SSSR count). The molecule has 1 heterocycles. The van der Waals surface area contributed by atoms with Crippen LogP contribution in [0.15, 0.2) is 146 Å². The van der Waals surface area contributed by atoms with Gasteiger partial charge in [0.1, 0.15) is 0 Å². The Bertz CT molecular complexity index is 2330. The molecule has 0 bridgehead atoms. The van der Waals surface area contributed by atoms with Crippen molar-refractivity contribution in [2.45, 2.75) is 19.3 Å². The Kier molecular flexibility index (Phi) is 6.82. The van der Waals surface area contributed by atoms with Crippen LogP contribution in [0.3, 0.4) is 0 Å². The standard InChI is InChI=1S/C43H30N4/c1-43(2)38-25-28(27-44)21-23-34(38)35-24-22-31(26-39(35)43)33-18-10-12-20-37(33)42-46-40(30-15-7-4-8-16-30)45-41(47-42)36-19-11-9-17-32(36)29-13-5-3-6-14-29/h3-26H,1-2H3. The normalized spacial score (nSPS) is 12.6. The highest BCUT2D eigenvalue weighted by Crippen LogP contribution is 2.50. The molecule has 0 spiro atoms. The summed E-state index contributed by atoms with van der Waals surface area (Å²) in [7, 11) is 0. The van der Waals surface area contributed by atoms with Gasteiger partial charge in [0.05, 0.1) is 11.6 Å². The summed E-state index contributed by atoms with van der Waals surface area (Å²) < 4.78 is 0. The molecule has 0 radical (unpaired) electrons. The van der Waals surface area contributed by atoms with E-state index < -0.39 is 0 Å². The van der Waals surface area contributed by atoms with Gasteiger partial charge in [0, 0.05) is 22.1 Å². The Balaban J connectivity index is 1.30. The van der Waals surface area contributed by atoms with Crippen LogP contribution in [-0.2, 0) is 5.41 Å². The third-order valence-corrected chi connectivity index (χ3v) is 9.20. The van der Waals surface area contributed by atoms with Crippen molar-refractivity contribution in [3.63, 3.8) is 0 Å². The lowest BCUT2D eigenvalue weighted by atomic mass is 9.81. The van der Waals surface area contributed by atoms with Gasteiger partial charge in [-0.3, -0.25) is 0 Å². The fourth-order valence-electron chi connectivity index (χ4n) is 6.79. The van der Waals surface area contributed by atoms with E-state index in [0.717, 1.165) is 38.9 Å². The third-order valence-electron chi connectivity index (χ3n) is 9.20. The van der Waals surface area contributed by atoms with Gasteiger partial charge in [-0.2, -0.15) is 5.26 Å². The topological polar surface area (TPSA) is 62.5 Å². The van der Waals surface area contributed by atoms with E-state index in [4.69, 9.17) is 15.0 Å². The second-order valence-corrected chi connectivity index (χ2v) is 12.4. The van der Waals surface area contributed by atoms with E-state index in [0.29, 0.717) is 23.0 Å². The van der Waals surface area contributed by atoms with Crippen LogP contribution in [0.2, 0.25) is 0 Å². The number of hydrogen-bond acceptors (Lipinski definition) is 4. The number of fused-ring (bicyclic) bond motifs is 3. The Hall–Kier alpha value is -6.18. The maximum atomic E-state index is 9.58. The van der Waals surface area contributed by atoms with Crippen molar-refractivity contribution >= 4 is 0 Å². The quantitative estimate of drug-likeness (QED) is 0.197. The van der Waals surface area contributed by atoms with Gasteiger partial charge in [-0.25, -0.2) is 15.0 Å². The van der Waals surface area contributed by atoms with Gasteiger partial charge in [-0.05, 0) is 62.7 Å². The molecule has 6 aromatic carbocycles. The molecule has 47 heavy (non-hydrogen) atoms. The first kappa shape index (κ1) is 28.3. The lowest BCUT2D eigenvalue weighted by Gasteiger charge is -2.22. The van der Waals surface area contributed by atoms with Gasteiger partial charge in [-0.1, -0.05) is 141 Å². The van der Waals surface area contributed by atoms with Crippen molar-refractivity contribution < 1.29 is 0 Å². The molecule has 4 nitrogen and oxygen atoms in total. The van der Waals surface area contributed by atoms with E-state index in [1.165, 1.54) is 22.3 Å². The van der Waals surface area contributed by atoms with Gasteiger partial charge >= 0.3 is 0 Å². The van der Waals surface area contributed by atoms with E-state index in [2.05, 4.69) is 105 Å². The molecule has 0 aliphatic heterocycles. The lowest BCUT2D eigenvalue weighted by molar-refractivity contribution is 0.660. The van der Waals surface area contributed by atoms with Crippen molar-refractivity contribution in [1.29, 1.82) is 5.26 Å². The minimum Gasteiger partial charge on any atom is -0.208 e. The molecule has 0 amide bonds. The van der Waals surface area contributed by atoms with E-state index in [1.54, 1.807) is 0 Å². The SMILES string of the molecule is CC1(C)c2cc(C#N)ccc2-c2ccc(-c3ccccc3-c3nc(-c4ccccc4)nc(-c4ccccc4-c4ccccc4)n3)cc21. The average Bonchev–Trinajstić information content (AvgIpc) is 3.37. The highest BCUT2D eigenvalue weighted by atomic mass is 15.0. The maximum Gasteiger partial charge on any atom is 0.164 e. The van der Waals surface area contributed by atoms with E-state index in [9.17, 15) is 5.26 Å². The molecule has 1 aliphatic rings. The van der Waals surface area contributed by atoms with Crippen LogP contribution >= 0.6 is 0 Å². The number of nitriles is 1. The second kappa shape index (κ2) is 11.3. The third kappa shape index (κ3) is 4.90. The number of benzene rings is 6. The summed E-state index contributed by atoms with van der Waals surface area (Å²) in [6.45, 7) is 4.48. The highest BCUT2D eigenvalue weighted by Gasteiger charge is 2.36. The van der Waals surface area contributed by atoms with E-state index >= 15 is 0 Å². The first-order valence-electron chi connectivity index (χ1n) is 15.8. The Labute approximate surface area is 274 Å². The first-order chi connectivity index (χ1) is 23.0. The lowest BCUT2D eigenvalue weighted by Crippen LogP contribution is -2.15. The van der Waals surface area contributed by atoms with Crippen molar-refractivity contribution in [2.24, 2.45) is 0 Å². The van der Waals surface area contributed by atoms with E-state index in [-0.39, 0.29) is 5.41 Å². The van der Waals surface area contributed by atoms with Crippen LogP contribution < -0.4 is 0 Å². The minimum absolute atomic E-state index is 0.246. The number of rotatable bonds is 5. The molecule has 4 heteroatoms. The zero-order valence-electron chi connectivity index (χ0n) is 26.1. The zero-order chi connectivity index (χ0) is 32.0. The average molecular weight is 603 g/mol. The molecule has 0 saturated heterocycles. The summed E-state index contributed by atoms with van der Waals surface area (Å²) in [6.07, 6.45) is 0. The summed E-state index contributed by atoms with van der Waals surface area (Å²) in [5, 5.41) is 9.58. The molecular formula is C43H30N4. The van der Waals surface area contributed by atoms with Crippen LogP contribution in [0.4, 0.5) is 0 Å². The molecule has 1 aromatic heterocycles. The van der Waals surface area contributed by atoms with Crippen LogP contribution in [0.1, 0.15) is 30.5 Å². The van der Waals surface area contributed by atoms with E-state index in [1.807, 2.05) is 60.7 Å². The van der Waals surface area contributed by atoms with Crippen molar-refractivity contribution in [3.05, 3.63) is 162 Å². The maximum absolute atomic E-state index is 9.58. The van der Waals surface area contributed by atoms with Crippen LogP contribution in [-0.4, -0.2) is 15.0 Å². The van der Waals surface area contributed by atoms with Crippen LogP contribution in [0.5, 0.6) is 0 Å². The molecule has 1 aliphatic carbocycles. The van der Waals surface area contributed by atoms with Crippen molar-refractivity contribution in [2.75, 3.05) is 0 Å². The highest BCUT2D eigenvalue weighted by molar-refractivity contribution is 5.88. The summed E-state index contributed by atoms with van der Waals surface area (Å²) in [5.41, 5.74) is 12.4. The summed E-state index contributed by atoms with van der Waals surface area (Å²) in [4.78, 5) is 15.3. The largest absolute Gasteiger partial charge is 0.208 e. The molecule has 0 saturated carbocycles. The zero-order valence-corrected chi connectivity index (χ0v) is 26.1. The summed E-state index contributed by atoms with van der Waals surface area (Å²) in [6, 6.07) is 52.1. The van der Waals surface area contributed by atoms with Crippen molar-refractivity contribution in [3.8, 4) is 73.6 Å². The molecule has 222 valence electrons. The molecular weight excluding hydrogens is 573 g/mol.